The maximum Gasteiger partial charge on any atom is 0.415 e. The van der Waals surface area contributed by atoms with Crippen molar-refractivity contribution < 1.29 is 23.1 Å². The molecule has 0 aromatic heterocycles. The lowest BCUT2D eigenvalue weighted by Crippen LogP contribution is -2.53. The van der Waals surface area contributed by atoms with Crippen molar-refractivity contribution in [2.24, 2.45) is 0 Å². The summed E-state index contributed by atoms with van der Waals surface area (Å²) in [5.74, 6) is 0.112. The average molecular weight is 337 g/mol. The van der Waals surface area contributed by atoms with E-state index >= 15 is 0 Å². The number of nitrogens with zero attached hydrogens (tertiary/aromatic N) is 3. The number of rotatable bonds is 4. The molecule has 2 rings (SSSR count). The molecule has 23 heavy (non-hydrogen) atoms. The minimum Gasteiger partial charge on any atom is -0.382 e. The van der Waals surface area contributed by atoms with Crippen LogP contribution in [0.3, 0.4) is 0 Å². The van der Waals surface area contributed by atoms with Gasteiger partial charge in [-0.3, -0.25) is 14.6 Å². The predicted molar refractivity (Wildman–Crippen MR) is 80.0 cm³/mol. The van der Waals surface area contributed by atoms with Crippen molar-refractivity contribution in [3.8, 4) is 0 Å². The van der Waals surface area contributed by atoms with E-state index in [4.69, 9.17) is 5.11 Å². The third-order valence-corrected chi connectivity index (χ3v) is 4.76. The largest absolute Gasteiger partial charge is 0.415 e. The first-order valence-corrected chi connectivity index (χ1v) is 8.26. The Bertz CT molecular complexity index is 398. The molecule has 2 aliphatic rings. The van der Waals surface area contributed by atoms with Gasteiger partial charge in [-0.05, 0) is 26.2 Å². The molecule has 5 nitrogen and oxygen atoms in total. The molecule has 0 bridgehead atoms. The van der Waals surface area contributed by atoms with Crippen LogP contribution in [0.1, 0.15) is 26.2 Å². The van der Waals surface area contributed by atoms with Crippen LogP contribution in [0.4, 0.5) is 13.2 Å². The number of carbonyl (C=O) groups is 1. The summed E-state index contributed by atoms with van der Waals surface area (Å²) in [6.07, 6.45) is -3.64. The number of halogens is 3. The second kappa shape index (κ2) is 7.81. The van der Waals surface area contributed by atoms with Gasteiger partial charge in [0.05, 0.1) is 6.54 Å². The second-order valence-corrected chi connectivity index (χ2v) is 6.57. The number of carbonyl (C=O) groups excluding carboxylic acids is 1. The fourth-order valence-corrected chi connectivity index (χ4v) is 3.23. The monoisotopic (exact) mass is 337 g/mol. The van der Waals surface area contributed by atoms with Gasteiger partial charge in [0.15, 0.2) is 6.10 Å². The normalized spacial score (nSPS) is 26.3. The lowest BCUT2D eigenvalue weighted by atomic mass is 10.0. The smallest absolute Gasteiger partial charge is 0.382 e. The Morgan fingerprint density at radius 3 is 2.30 bits per heavy atom. The zero-order valence-corrected chi connectivity index (χ0v) is 13.6. The molecule has 1 amide bonds. The number of likely N-dealkylation sites (tertiary alicyclic amines) is 1. The van der Waals surface area contributed by atoms with Crippen molar-refractivity contribution in [1.82, 2.24) is 14.7 Å². The SMILES string of the molecule is C[C@@H]1CCCCN1C(=O)CN1CCN(C[C@@H](O)C(F)(F)F)CC1. The zero-order chi connectivity index (χ0) is 17.0. The Morgan fingerprint density at radius 2 is 1.74 bits per heavy atom. The van der Waals surface area contributed by atoms with Crippen LogP contribution in [-0.2, 0) is 4.79 Å². The summed E-state index contributed by atoms with van der Waals surface area (Å²) in [5.41, 5.74) is 0. The molecule has 0 aromatic rings. The number of β-amino-alcohol motifs (C(OH)–C–C–N with tert-alkyl or cyclic N) is 1. The van der Waals surface area contributed by atoms with Gasteiger partial charge in [-0.25, -0.2) is 0 Å². The zero-order valence-electron chi connectivity index (χ0n) is 13.6. The minimum atomic E-state index is -4.57. The average Bonchev–Trinajstić information content (AvgIpc) is 2.48. The van der Waals surface area contributed by atoms with Gasteiger partial charge in [-0.15, -0.1) is 0 Å². The third kappa shape index (κ3) is 5.32. The first-order chi connectivity index (χ1) is 10.8. The lowest BCUT2D eigenvalue weighted by Gasteiger charge is -2.38. The van der Waals surface area contributed by atoms with E-state index in [1.54, 1.807) is 4.90 Å². The minimum absolute atomic E-state index is 0.112. The van der Waals surface area contributed by atoms with Gasteiger partial charge < -0.3 is 10.0 Å². The summed E-state index contributed by atoms with van der Waals surface area (Å²) >= 11 is 0. The number of aliphatic hydroxyl groups is 1. The lowest BCUT2D eigenvalue weighted by molar-refractivity contribution is -0.208. The van der Waals surface area contributed by atoms with Crippen molar-refractivity contribution in [3.05, 3.63) is 0 Å². The van der Waals surface area contributed by atoms with Gasteiger partial charge in [0.2, 0.25) is 5.91 Å². The number of hydrogen-bond acceptors (Lipinski definition) is 4. The Kier molecular flexibility index (Phi) is 6.27. The topological polar surface area (TPSA) is 47.0 Å². The molecule has 0 unspecified atom stereocenters. The van der Waals surface area contributed by atoms with Crippen LogP contribution in [0.15, 0.2) is 0 Å². The first kappa shape index (κ1) is 18.5. The molecule has 8 heteroatoms. The van der Waals surface area contributed by atoms with Crippen molar-refractivity contribution in [2.75, 3.05) is 45.8 Å². The number of aliphatic hydroxyl groups excluding tert-OH is 1. The van der Waals surface area contributed by atoms with E-state index in [-0.39, 0.29) is 11.9 Å². The van der Waals surface area contributed by atoms with Crippen LogP contribution < -0.4 is 0 Å². The van der Waals surface area contributed by atoms with E-state index in [0.717, 1.165) is 25.8 Å². The van der Waals surface area contributed by atoms with E-state index in [9.17, 15) is 18.0 Å². The van der Waals surface area contributed by atoms with Crippen LogP contribution >= 0.6 is 0 Å². The molecule has 0 aromatic carbocycles. The van der Waals surface area contributed by atoms with Gasteiger partial charge in [-0.2, -0.15) is 13.2 Å². The standard InChI is InChI=1S/C15H26F3N3O2/c1-12-4-2-3-5-21(12)14(23)11-20-8-6-19(7-9-20)10-13(22)15(16,17)18/h12-13,22H,2-11H2,1H3/t12-,13-/m1/s1. The molecular formula is C15H26F3N3O2. The quantitative estimate of drug-likeness (QED) is 0.829. The number of amides is 1. The second-order valence-electron chi connectivity index (χ2n) is 6.57. The van der Waals surface area contributed by atoms with Crippen LogP contribution in [0.5, 0.6) is 0 Å². The highest BCUT2D eigenvalue weighted by Crippen LogP contribution is 2.21. The van der Waals surface area contributed by atoms with Crippen molar-refractivity contribution >= 4 is 5.91 Å². The van der Waals surface area contributed by atoms with E-state index in [1.807, 2.05) is 9.80 Å². The molecular weight excluding hydrogens is 311 g/mol. The fourth-order valence-electron chi connectivity index (χ4n) is 3.23. The Morgan fingerprint density at radius 1 is 1.13 bits per heavy atom. The van der Waals surface area contributed by atoms with Crippen LogP contribution in [0.2, 0.25) is 0 Å². The van der Waals surface area contributed by atoms with E-state index in [2.05, 4.69) is 6.92 Å². The summed E-state index contributed by atoms with van der Waals surface area (Å²) in [7, 11) is 0. The number of piperazine rings is 1. The molecule has 2 heterocycles. The predicted octanol–water partition coefficient (Wildman–Crippen LogP) is 0.928. The molecule has 2 aliphatic heterocycles. The number of piperidine rings is 1. The van der Waals surface area contributed by atoms with Crippen LogP contribution in [0.25, 0.3) is 0 Å². The Balaban J connectivity index is 1.73. The van der Waals surface area contributed by atoms with Gasteiger partial charge >= 0.3 is 6.18 Å². The van der Waals surface area contributed by atoms with E-state index in [1.165, 1.54) is 0 Å². The van der Waals surface area contributed by atoms with Gasteiger partial charge in [0.1, 0.15) is 0 Å². The molecule has 2 atom stereocenters. The third-order valence-electron chi connectivity index (χ3n) is 4.76. The fraction of sp³-hybridized carbons (Fsp3) is 0.933. The van der Waals surface area contributed by atoms with Crippen molar-refractivity contribution in [2.45, 2.75) is 44.5 Å². The molecule has 134 valence electrons. The molecule has 2 saturated heterocycles. The molecule has 0 spiro atoms. The van der Waals surface area contributed by atoms with Gasteiger partial charge in [-0.1, -0.05) is 0 Å². The van der Waals surface area contributed by atoms with E-state index in [0.29, 0.717) is 32.7 Å². The van der Waals surface area contributed by atoms with Crippen LogP contribution in [-0.4, -0.2) is 89.8 Å². The summed E-state index contributed by atoms with van der Waals surface area (Å²) in [6, 6.07) is 0.277. The molecule has 0 aliphatic carbocycles. The van der Waals surface area contributed by atoms with Crippen molar-refractivity contribution in [3.63, 3.8) is 0 Å². The highest BCUT2D eigenvalue weighted by Gasteiger charge is 2.39. The first-order valence-electron chi connectivity index (χ1n) is 8.26. The van der Waals surface area contributed by atoms with Gasteiger partial charge in [0.25, 0.3) is 0 Å². The summed E-state index contributed by atoms with van der Waals surface area (Å²) < 4.78 is 37.1. The number of alkyl halides is 3. The molecule has 0 saturated carbocycles. The number of hydrogen-bond donors (Lipinski definition) is 1. The Labute approximate surface area is 135 Å². The maximum absolute atomic E-state index is 12.4. The van der Waals surface area contributed by atoms with Crippen molar-refractivity contribution in [1.29, 1.82) is 0 Å². The highest BCUT2D eigenvalue weighted by molar-refractivity contribution is 5.78. The maximum atomic E-state index is 12.4. The summed E-state index contributed by atoms with van der Waals surface area (Å²) in [6.45, 7) is 4.79. The summed E-state index contributed by atoms with van der Waals surface area (Å²) in [5, 5.41) is 9.11. The molecule has 0 radical (unpaired) electrons. The Hall–Kier alpha value is -0.860. The van der Waals surface area contributed by atoms with Crippen LogP contribution in [0, 0.1) is 0 Å². The highest BCUT2D eigenvalue weighted by atomic mass is 19.4. The molecule has 2 fully saturated rings. The molecule has 1 N–H and O–H groups in total. The summed E-state index contributed by atoms with van der Waals surface area (Å²) in [4.78, 5) is 17.9. The van der Waals surface area contributed by atoms with Gasteiger partial charge in [0, 0.05) is 45.3 Å². The van der Waals surface area contributed by atoms with E-state index < -0.39 is 18.8 Å².